The predicted molar refractivity (Wildman–Crippen MR) is 122 cm³/mol. The third kappa shape index (κ3) is 4.54. The monoisotopic (exact) mass is 447 g/mol. The summed E-state index contributed by atoms with van der Waals surface area (Å²) < 4.78 is 14.4. The lowest BCUT2D eigenvalue weighted by atomic mass is 10.2. The molecule has 0 radical (unpaired) electrons. The summed E-state index contributed by atoms with van der Waals surface area (Å²) in [5.41, 5.74) is 4.05. The molecule has 0 saturated heterocycles. The predicted octanol–water partition coefficient (Wildman–Crippen LogP) is 3.68. The molecule has 3 heterocycles. The first kappa shape index (κ1) is 22.0. The Labute approximate surface area is 191 Å². The van der Waals surface area contributed by atoms with Gasteiger partial charge in [-0.3, -0.25) is 9.48 Å². The average molecular weight is 447 g/mol. The molecule has 1 N–H and O–H groups in total. The van der Waals surface area contributed by atoms with Gasteiger partial charge in [-0.2, -0.15) is 10.1 Å². The van der Waals surface area contributed by atoms with Gasteiger partial charge in [0.25, 0.3) is 5.91 Å². The van der Waals surface area contributed by atoms with Crippen LogP contribution >= 0.6 is 0 Å². The zero-order chi connectivity index (χ0) is 23.7. The molecule has 0 spiro atoms. The summed E-state index contributed by atoms with van der Waals surface area (Å²) in [6, 6.07) is 8.74. The highest BCUT2D eigenvalue weighted by atomic mass is 16.5. The van der Waals surface area contributed by atoms with Gasteiger partial charge in [0.05, 0.1) is 12.8 Å². The number of rotatable bonds is 6. The van der Waals surface area contributed by atoms with Gasteiger partial charge in [0.15, 0.2) is 5.82 Å². The number of aryl methyl sites for hydroxylation is 3. The van der Waals surface area contributed by atoms with Crippen LogP contribution < -0.4 is 14.8 Å². The summed E-state index contributed by atoms with van der Waals surface area (Å²) in [7, 11) is 3.20. The summed E-state index contributed by atoms with van der Waals surface area (Å²) in [4.78, 5) is 21.4. The normalized spacial score (nSPS) is 10.8. The summed E-state index contributed by atoms with van der Waals surface area (Å²) in [6.45, 7) is 7.81. The zero-order valence-electron chi connectivity index (χ0n) is 19.4. The molecule has 0 unspecified atom stereocenters. The van der Waals surface area contributed by atoms with Crippen LogP contribution in [0.1, 0.15) is 33.1 Å². The minimum atomic E-state index is -0.315. The molecule has 1 aromatic carbocycles. The van der Waals surface area contributed by atoms with E-state index in [-0.39, 0.29) is 11.8 Å². The van der Waals surface area contributed by atoms with Gasteiger partial charge in [-0.05, 0) is 57.5 Å². The van der Waals surface area contributed by atoms with Crippen molar-refractivity contribution < 1.29 is 14.3 Å². The second-order valence-electron chi connectivity index (χ2n) is 7.63. The molecule has 0 aliphatic rings. The molecule has 3 aromatic heterocycles. The Morgan fingerprint density at radius 2 is 1.76 bits per heavy atom. The van der Waals surface area contributed by atoms with Gasteiger partial charge < -0.3 is 14.8 Å². The maximum Gasteiger partial charge on any atom is 0.262 e. The fourth-order valence-corrected chi connectivity index (χ4v) is 3.33. The minimum Gasteiger partial charge on any atom is -0.479 e. The fraction of sp³-hybridized carbons (Fsp3) is 0.261. The Bertz CT molecular complexity index is 1320. The number of amides is 1. The van der Waals surface area contributed by atoms with Crippen LogP contribution in [0, 0.1) is 27.7 Å². The van der Waals surface area contributed by atoms with Crippen molar-refractivity contribution in [1.29, 1.82) is 0 Å². The van der Waals surface area contributed by atoms with E-state index in [1.807, 2.05) is 20.8 Å². The molecule has 0 bridgehead atoms. The van der Waals surface area contributed by atoms with Crippen LogP contribution in [-0.2, 0) is 7.05 Å². The Morgan fingerprint density at radius 3 is 2.39 bits per heavy atom. The summed E-state index contributed by atoms with van der Waals surface area (Å²) in [6.07, 6.45) is 1.60. The highest BCUT2D eigenvalue weighted by Gasteiger charge is 2.17. The SMILES string of the molecule is COc1nn(C)cc1C(=O)Nc1ccc(Oc2cc(-n3nc(C)c(C)c3C)nc(C)n2)cc1. The number of nitrogens with zero attached hydrogens (tertiary/aromatic N) is 6. The Hall–Kier alpha value is -4.21. The van der Waals surface area contributed by atoms with Crippen molar-refractivity contribution in [3.05, 3.63) is 64.9 Å². The van der Waals surface area contributed by atoms with Crippen molar-refractivity contribution in [1.82, 2.24) is 29.5 Å². The zero-order valence-corrected chi connectivity index (χ0v) is 19.4. The molecule has 10 nitrogen and oxygen atoms in total. The number of benzene rings is 1. The van der Waals surface area contributed by atoms with Crippen LogP contribution in [-0.4, -0.2) is 42.5 Å². The van der Waals surface area contributed by atoms with E-state index in [0.29, 0.717) is 34.5 Å². The molecular weight excluding hydrogens is 422 g/mol. The quantitative estimate of drug-likeness (QED) is 0.480. The second-order valence-corrected chi connectivity index (χ2v) is 7.63. The molecule has 0 aliphatic carbocycles. The maximum atomic E-state index is 12.5. The van der Waals surface area contributed by atoms with Gasteiger partial charge in [-0.15, -0.1) is 5.10 Å². The Kier molecular flexibility index (Phi) is 5.82. The van der Waals surface area contributed by atoms with Gasteiger partial charge in [0.1, 0.15) is 17.1 Å². The first-order valence-corrected chi connectivity index (χ1v) is 10.3. The average Bonchev–Trinajstić information content (AvgIpc) is 3.29. The number of carbonyl (C=O) groups is 1. The summed E-state index contributed by atoms with van der Waals surface area (Å²) >= 11 is 0. The minimum absolute atomic E-state index is 0.266. The number of methoxy groups -OCH3 is 1. The third-order valence-corrected chi connectivity index (χ3v) is 5.24. The maximum absolute atomic E-state index is 12.5. The topological polar surface area (TPSA) is 109 Å². The lowest BCUT2D eigenvalue weighted by Gasteiger charge is -2.10. The standard InChI is InChI=1S/C23H25N7O3/c1-13-14(2)27-30(15(13)3)20-11-21(25-16(4)24-20)33-18-9-7-17(8-10-18)26-22(31)19-12-29(5)28-23(19)32-6/h7-12H,1-6H3,(H,26,31). The smallest absolute Gasteiger partial charge is 0.262 e. The molecule has 0 saturated carbocycles. The molecule has 0 fully saturated rings. The van der Waals surface area contributed by atoms with E-state index in [0.717, 1.165) is 17.0 Å². The second kappa shape index (κ2) is 8.73. The van der Waals surface area contributed by atoms with Crippen molar-refractivity contribution in [3.63, 3.8) is 0 Å². The lowest BCUT2D eigenvalue weighted by Crippen LogP contribution is -2.12. The number of hydrogen-bond acceptors (Lipinski definition) is 7. The lowest BCUT2D eigenvalue weighted by molar-refractivity contribution is 0.102. The van der Waals surface area contributed by atoms with Crippen LogP contribution in [0.25, 0.3) is 5.82 Å². The van der Waals surface area contributed by atoms with Crippen LogP contribution in [0.4, 0.5) is 5.69 Å². The molecule has 0 aliphatic heterocycles. The van der Waals surface area contributed by atoms with Crippen molar-refractivity contribution in [3.8, 4) is 23.3 Å². The highest BCUT2D eigenvalue weighted by molar-refractivity contribution is 6.05. The third-order valence-electron chi connectivity index (χ3n) is 5.24. The van der Waals surface area contributed by atoms with Gasteiger partial charge in [0.2, 0.25) is 11.8 Å². The van der Waals surface area contributed by atoms with Crippen LogP contribution in [0.2, 0.25) is 0 Å². The molecule has 1 amide bonds. The Balaban J connectivity index is 1.50. The number of nitrogens with one attached hydrogen (secondary N) is 1. The van der Waals surface area contributed by atoms with Crippen molar-refractivity contribution in [2.75, 3.05) is 12.4 Å². The first-order chi connectivity index (χ1) is 15.7. The number of carbonyl (C=O) groups excluding carboxylic acids is 1. The van der Waals surface area contributed by atoms with E-state index in [1.165, 1.54) is 11.8 Å². The van der Waals surface area contributed by atoms with Crippen molar-refractivity contribution in [2.45, 2.75) is 27.7 Å². The van der Waals surface area contributed by atoms with Crippen molar-refractivity contribution >= 4 is 11.6 Å². The van der Waals surface area contributed by atoms with Crippen LogP contribution in [0.3, 0.4) is 0 Å². The number of hydrogen-bond donors (Lipinski definition) is 1. The van der Waals surface area contributed by atoms with E-state index in [9.17, 15) is 4.79 Å². The van der Waals surface area contributed by atoms with Gasteiger partial charge >= 0.3 is 0 Å². The van der Waals surface area contributed by atoms with Gasteiger partial charge in [-0.1, -0.05) is 0 Å². The summed E-state index contributed by atoms with van der Waals surface area (Å²) in [5, 5.41) is 11.5. The molecule has 10 heteroatoms. The largest absolute Gasteiger partial charge is 0.479 e. The molecule has 33 heavy (non-hydrogen) atoms. The van der Waals surface area contributed by atoms with E-state index >= 15 is 0 Å². The molecule has 4 aromatic rings. The Morgan fingerprint density at radius 1 is 1.03 bits per heavy atom. The first-order valence-electron chi connectivity index (χ1n) is 10.3. The number of anilines is 1. The van der Waals surface area contributed by atoms with Crippen molar-refractivity contribution in [2.24, 2.45) is 7.05 Å². The highest BCUT2D eigenvalue weighted by Crippen LogP contribution is 2.25. The van der Waals surface area contributed by atoms with E-state index in [4.69, 9.17) is 9.47 Å². The van der Waals surface area contributed by atoms with Crippen LogP contribution in [0.5, 0.6) is 17.5 Å². The van der Waals surface area contributed by atoms with E-state index in [1.54, 1.807) is 55.2 Å². The molecule has 4 rings (SSSR count). The van der Waals surface area contributed by atoms with Gasteiger partial charge in [-0.25, -0.2) is 9.67 Å². The molecule has 170 valence electrons. The molecular formula is C23H25N7O3. The van der Waals surface area contributed by atoms with Gasteiger partial charge in [0, 0.05) is 30.7 Å². The number of ether oxygens (including phenoxy) is 2. The van der Waals surface area contributed by atoms with E-state index < -0.39 is 0 Å². The van der Waals surface area contributed by atoms with E-state index in [2.05, 4.69) is 25.5 Å². The summed E-state index contributed by atoms with van der Waals surface area (Å²) in [5.74, 6) is 2.13. The fourth-order valence-electron chi connectivity index (χ4n) is 3.33. The molecule has 0 atom stereocenters. The van der Waals surface area contributed by atoms with Crippen LogP contribution in [0.15, 0.2) is 36.5 Å². The number of aromatic nitrogens is 6.